The van der Waals surface area contributed by atoms with Gasteiger partial charge in [0.15, 0.2) is 6.04 Å². The Balaban J connectivity index is 1.47. The van der Waals surface area contributed by atoms with E-state index in [1.165, 1.54) is 0 Å². The monoisotopic (exact) mass is 576 g/mol. The van der Waals surface area contributed by atoms with E-state index in [0.717, 1.165) is 16.7 Å². The molecule has 0 radical (unpaired) electrons. The molecule has 2 unspecified atom stereocenters. The van der Waals surface area contributed by atoms with Crippen LogP contribution in [0.1, 0.15) is 35.8 Å². The van der Waals surface area contributed by atoms with Gasteiger partial charge in [0.05, 0.1) is 6.61 Å². The summed E-state index contributed by atoms with van der Waals surface area (Å²) in [7, 11) is 0. The van der Waals surface area contributed by atoms with Crippen LogP contribution in [0.5, 0.6) is 0 Å². The summed E-state index contributed by atoms with van der Waals surface area (Å²) in [5.41, 5.74) is 2.66. The predicted octanol–water partition coefficient (Wildman–Crippen LogP) is 7.22. The van der Waals surface area contributed by atoms with Gasteiger partial charge in [-0.2, -0.15) is 0 Å². The lowest BCUT2D eigenvalue weighted by molar-refractivity contribution is -0.705. The van der Waals surface area contributed by atoms with Crippen LogP contribution in [0, 0.1) is 0 Å². The standard InChI is InChI=1S/C28H25Cl4N3O2/c1-19(28(36)33-15-20-5-3-2-4-6-20)35-12-11-34(18-35)16-27(24-10-9-23(30)14-26(24)32)37-17-21-7-8-22(29)13-25(21)31/h2-14,18-19,27H,15-17H2,1H3/p+1. The first kappa shape index (κ1) is 27.5. The summed E-state index contributed by atoms with van der Waals surface area (Å²) in [6.07, 6.45) is 5.24. The Labute approximate surface area is 236 Å². The molecule has 0 aliphatic carbocycles. The highest BCUT2D eigenvalue weighted by Gasteiger charge is 2.23. The van der Waals surface area contributed by atoms with Crippen LogP contribution in [0.2, 0.25) is 20.1 Å². The third-order valence-electron chi connectivity index (χ3n) is 5.99. The third-order valence-corrected chi connectivity index (χ3v) is 7.14. The molecular weight excluding hydrogens is 552 g/mol. The molecule has 1 heterocycles. The Morgan fingerprint density at radius 1 is 0.973 bits per heavy atom. The van der Waals surface area contributed by atoms with E-state index in [1.54, 1.807) is 24.3 Å². The normalized spacial score (nSPS) is 12.8. The number of aromatic nitrogens is 2. The van der Waals surface area contributed by atoms with E-state index in [-0.39, 0.29) is 12.5 Å². The van der Waals surface area contributed by atoms with Gasteiger partial charge in [0.1, 0.15) is 25.0 Å². The number of nitrogens with one attached hydrogen (secondary N) is 1. The van der Waals surface area contributed by atoms with Crippen LogP contribution in [0.3, 0.4) is 0 Å². The van der Waals surface area contributed by atoms with E-state index in [1.807, 2.05) is 77.2 Å². The Morgan fingerprint density at radius 3 is 2.38 bits per heavy atom. The number of rotatable bonds is 10. The highest BCUT2D eigenvalue weighted by atomic mass is 35.5. The molecule has 2 atom stereocenters. The van der Waals surface area contributed by atoms with Gasteiger partial charge >= 0.3 is 0 Å². The van der Waals surface area contributed by atoms with Crippen LogP contribution in [-0.4, -0.2) is 10.5 Å². The molecule has 37 heavy (non-hydrogen) atoms. The number of carbonyl (C=O) groups is 1. The van der Waals surface area contributed by atoms with Crippen molar-refractivity contribution in [3.63, 3.8) is 0 Å². The van der Waals surface area contributed by atoms with E-state index in [0.29, 0.717) is 33.2 Å². The van der Waals surface area contributed by atoms with Crippen molar-refractivity contribution in [3.05, 3.63) is 122 Å². The maximum Gasteiger partial charge on any atom is 0.265 e. The van der Waals surface area contributed by atoms with Crippen molar-refractivity contribution >= 4 is 52.3 Å². The average molecular weight is 578 g/mol. The summed E-state index contributed by atoms with van der Waals surface area (Å²) in [4.78, 5) is 12.7. The van der Waals surface area contributed by atoms with Crippen molar-refractivity contribution < 1.29 is 14.1 Å². The molecule has 4 rings (SSSR count). The first-order valence-corrected chi connectivity index (χ1v) is 13.2. The molecule has 0 aliphatic rings. The zero-order valence-corrected chi connectivity index (χ0v) is 23.1. The molecule has 0 saturated heterocycles. The summed E-state index contributed by atoms with van der Waals surface area (Å²) in [6, 6.07) is 20.0. The van der Waals surface area contributed by atoms with Gasteiger partial charge in [-0.15, -0.1) is 0 Å². The van der Waals surface area contributed by atoms with Gasteiger partial charge in [-0.3, -0.25) is 4.79 Å². The molecule has 1 N–H and O–H groups in total. The number of hydrogen-bond donors (Lipinski definition) is 1. The fourth-order valence-electron chi connectivity index (χ4n) is 3.84. The van der Waals surface area contributed by atoms with Crippen LogP contribution in [0.4, 0.5) is 0 Å². The lowest BCUT2D eigenvalue weighted by Gasteiger charge is -2.19. The summed E-state index contributed by atoms with van der Waals surface area (Å²) in [5.74, 6) is -0.0717. The van der Waals surface area contributed by atoms with Gasteiger partial charge in [0.25, 0.3) is 5.91 Å². The fourth-order valence-corrected chi connectivity index (χ4v) is 4.83. The quantitative estimate of drug-likeness (QED) is 0.202. The largest absolute Gasteiger partial charge is 0.365 e. The Hall–Kier alpha value is -2.54. The van der Waals surface area contributed by atoms with Crippen molar-refractivity contribution in [1.29, 1.82) is 0 Å². The maximum absolute atomic E-state index is 12.7. The van der Waals surface area contributed by atoms with Crippen molar-refractivity contribution in [2.45, 2.75) is 38.8 Å². The second-order valence-electron chi connectivity index (χ2n) is 8.64. The summed E-state index contributed by atoms with van der Waals surface area (Å²) in [6.45, 7) is 3.05. The van der Waals surface area contributed by atoms with E-state index < -0.39 is 12.1 Å². The molecule has 192 valence electrons. The Bertz CT molecular complexity index is 1360. The number of amides is 1. The predicted molar refractivity (Wildman–Crippen MR) is 148 cm³/mol. The molecule has 9 heteroatoms. The van der Waals surface area contributed by atoms with E-state index in [2.05, 4.69) is 5.32 Å². The zero-order valence-electron chi connectivity index (χ0n) is 20.1. The number of imidazole rings is 1. The summed E-state index contributed by atoms with van der Waals surface area (Å²) >= 11 is 25.0. The van der Waals surface area contributed by atoms with Gasteiger partial charge in [0, 0.05) is 32.2 Å². The third kappa shape index (κ3) is 7.50. The van der Waals surface area contributed by atoms with Gasteiger partial charge in [0.2, 0.25) is 6.33 Å². The van der Waals surface area contributed by atoms with Crippen molar-refractivity contribution in [1.82, 2.24) is 9.88 Å². The Morgan fingerprint density at radius 2 is 1.68 bits per heavy atom. The highest BCUT2D eigenvalue weighted by molar-refractivity contribution is 6.35. The minimum Gasteiger partial charge on any atom is -0.365 e. The van der Waals surface area contributed by atoms with Gasteiger partial charge in [-0.1, -0.05) is 88.9 Å². The van der Waals surface area contributed by atoms with Crippen molar-refractivity contribution in [2.24, 2.45) is 0 Å². The van der Waals surface area contributed by atoms with Crippen LogP contribution in [0.25, 0.3) is 0 Å². The highest BCUT2D eigenvalue weighted by Crippen LogP contribution is 2.31. The molecule has 0 fully saturated rings. The molecular formula is C28H26Cl4N3O2+. The minimum absolute atomic E-state index is 0.0717. The number of halogens is 4. The van der Waals surface area contributed by atoms with E-state index >= 15 is 0 Å². The topological polar surface area (TPSA) is 47.1 Å². The van der Waals surface area contributed by atoms with Gasteiger partial charge < -0.3 is 10.1 Å². The lowest BCUT2D eigenvalue weighted by Crippen LogP contribution is -2.36. The van der Waals surface area contributed by atoms with Crippen LogP contribution in [-0.2, 0) is 29.2 Å². The lowest BCUT2D eigenvalue weighted by atomic mass is 10.1. The SMILES string of the molecule is CC(C(=O)NCc1ccccc1)n1cc[n+](CC(OCc2ccc(Cl)cc2Cl)c2ccc(Cl)cc2Cl)c1. The zero-order chi connectivity index (χ0) is 26.4. The molecule has 4 aromatic rings. The molecule has 1 aromatic heterocycles. The van der Waals surface area contributed by atoms with Crippen molar-refractivity contribution in [3.8, 4) is 0 Å². The molecule has 0 spiro atoms. The van der Waals surface area contributed by atoms with Crippen LogP contribution < -0.4 is 9.88 Å². The van der Waals surface area contributed by atoms with Gasteiger partial charge in [-0.05, 0) is 42.3 Å². The molecule has 0 bridgehead atoms. The number of benzene rings is 3. The second-order valence-corrected chi connectivity index (χ2v) is 10.3. The first-order valence-electron chi connectivity index (χ1n) is 11.7. The maximum atomic E-state index is 12.7. The Kier molecular flexibility index (Phi) is 9.52. The smallest absolute Gasteiger partial charge is 0.265 e. The molecule has 3 aromatic carbocycles. The fraction of sp³-hybridized carbons (Fsp3) is 0.214. The molecule has 1 amide bonds. The van der Waals surface area contributed by atoms with E-state index in [4.69, 9.17) is 51.1 Å². The number of nitrogens with zero attached hydrogens (tertiary/aromatic N) is 2. The summed E-state index contributed by atoms with van der Waals surface area (Å²) in [5, 5.41) is 5.13. The van der Waals surface area contributed by atoms with Crippen LogP contribution in [0.15, 0.2) is 85.5 Å². The summed E-state index contributed by atoms with van der Waals surface area (Å²) < 4.78 is 10.1. The molecule has 0 saturated carbocycles. The average Bonchev–Trinajstić information content (AvgIpc) is 3.35. The second kappa shape index (κ2) is 12.8. The van der Waals surface area contributed by atoms with E-state index in [9.17, 15) is 4.79 Å². The van der Waals surface area contributed by atoms with Crippen molar-refractivity contribution in [2.75, 3.05) is 0 Å². The number of hydrogen-bond acceptors (Lipinski definition) is 2. The van der Waals surface area contributed by atoms with Crippen LogP contribution >= 0.6 is 46.4 Å². The minimum atomic E-state index is -0.403. The van der Waals surface area contributed by atoms with Gasteiger partial charge in [-0.25, -0.2) is 9.13 Å². The number of carbonyl (C=O) groups excluding carboxylic acids is 1. The first-order chi connectivity index (χ1) is 17.8. The molecule has 5 nitrogen and oxygen atoms in total. The molecule has 0 aliphatic heterocycles. The number of ether oxygens (including phenoxy) is 1.